The van der Waals surface area contributed by atoms with Crippen molar-refractivity contribution in [2.24, 2.45) is 11.8 Å². The number of piperidine rings is 3. The van der Waals surface area contributed by atoms with Crippen molar-refractivity contribution in [3.05, 3.63) is 59.7 Å². The maximum Gasteiger partial charge on any atom is 0.119 e. The van der Waals surface area contributed by atoms with Gasteiger partial charge in [-0.3, -0.25) is 0 Å². The quantitative estimate of drug-likeness (QED) is 0.896. The fourth-order valence-electron chi connectivity index (χ4n) is 4.72. The van der Waals surface area contributed by atoms with Crippen molar-refractivity contribution in [2.45, 2.75) is 18.4 Å². The maximum absolute atomic E-state index is 12.1. The molecule has 0 aliphatic carbocycles. The molecule has 0 amide bonds. The Bertz CT molecular complexity index is 685. The van der Waals surface area contributed by atoms with E-state index in [-0.39, 0.29) is 5.92 Å². The summed E-state index contributed by atoms with van der Waals surface area (Å²) in [6.07, 6.45) is 2.33. The van der Waals surface area contributed by atoms with Crippen LogP contribution in [0.1, 0.15) is 24.0 Å². The topological polar surface area (TPSA) is 41.9 Å². The normalized spacial score (nSPS) is 25.1. The monoisotopic (exact) mass is 353 g/mol. The number of fused-ring (bicyclic) bond motifs is 3. The molecule has 5 rings (SSSR count). The van der Waals surface area contributed by atoms with E-state index in [4.69, 9.17) is 9.47 Å². The van der Waals surface area contributed by atoms with Crippen molar-refractivity contribution in [1.29, 1.82) is 0 Å². The van der Waals surface area contributed by atoms with Crippen LogP contribution in [-0.2, 0) is 5.60 Å². The summed E-state index contributed by atoms with van der Waals surface area (Å²) >= 11 is 0. The van der Waals surface area contributed by atoms with Crippen molar-refractivity contribution in [1.82, 2.24) is 4.90 Å². The van der Waals surface area contributed by atoms with E-state index in [1.165, 1.54) is 12.8 Å². The van der Waals surface area contributed by atoms with Gasteiger partial charge in [0.05, 0.1) is 14.2 Å². The average molecular weight is 353 g/mol. The molecule has 3 heterocycles. The first-order valence-electron chi connectivity index (χ1n) is 9.39. The molecule has 3 aliphatic rings. The van der Waals surface area contributed by atoms with Crippen molar-refractivity contribution >= 4 is 0 Å². The average Bonchev–Trinajstić information content (AvgIpc) is 2.74. The van der Waals surface area contributed by atoms with E-state index in [2.05, 4.69) is 4.90 Å². The number of hydrogen-bond acceptors (Lipinski definition) is 4. The standard InChI is InChI=1S/C22H27NO3/c1-25-19-7-3-17(4-8-19)22(24,18-5-9-20(26-2)10-6-18)21-15-23-13-11-16(21)12-14-23/h3-10,16,21,24H,11-15H2,1-2H3. The molecule has 1 unspecified atom stereocenters. The van der Waals surface area contributed by atoms with E-state index >= 15 is 0 Å². The molecule has 4 nitrogen and oxygen atoms in total. The minimum Gasteiger partial charge on any atom is -0.497 e. The molecule has 2 bridgehead atoms. The Labute approximate surface area is 155 Å². The molecule has 138 valence electrons. The van der Waals surface area contributed by atoms with Gasteiger partial charge in [0.1, 0.15) is 17.1 Å². The van der Waals surface area contributed by atoms with E-state index < -0.39 is 5.60 Å². The van der Waals surface area contributed by atoms with Gasteiger partial charge in [0, 0.05) is 12.5 Å². The number of hydrogen-bond donors (Lipinski definition) is 1. The highest BCUT2D eigenvalue weighted by Gasteiger charge is 2.48. The lowest BCUT2D eigenvalue weighted by atomic mass is 9.65. The van der Waals surface area contributed by atoms with E-state index in [1.807, 2.05) is 48.5 Å². The number of benzene rings is 2. The van der Waals surface area contributed by atoms with Gasteiger partial charge in [-0.15, -0.1) is 0 Å². The highest BCUT2D eigenvalue weighted by Crippen LogP contribution is 2.47. The van der Waals surface area contributed by atoms with Crippen LogP contribution in [0.3, 0.4) is 0 Å². The summed E-state index contributed by atoms with van der Waals surface area (Å²) < 4.78 is 10.6. The van der Waals surface area contributed by atoms with E-state index in [0.29, 0.717) is 5.92 Å². The summed E-state index contributed by atoms with van der Waals surface area (Å²) in [5.41, 5.74) is 0.854. The van der Waals surface area contributed by atoms with Crippen LogP contribution < -0.4 is 9.47 Å². The number of methoxy groups -OCH3 is 2. The number of ether oxygens (including phenoxy) is 2. The van der Waals surface area contributed by atoms with Gasteiger partial charge in [-0.05, 0) is 67.2 Å². The number of nitrogens with zero attached hydrogens (tertiary/aromatic N) is 1. The predicted molar refractivity (Wildman–Crippen MR) is 102 cm³/mol. The largest absolute Gasteiger partial charge is 0.497 e. The molecule has 0 radical (unpaired) electrons. The highest BCUT2D eigenvalue weighted by molar-refractivity contribution is 5.42. The molecular formula is C22H27NO3. The van der Waals surface area contributed by atoms with Crippen LogP contribution in [0.4, 0.5) is 0 Å². The minimum atomic E-state index is -1.01. The minimum absolute atomic E-state index is 0.187. The molecule has 2 aromatic carbocycles. The first kappa shape index (κ1) is 17.4. The van der Waals surface area contributed by atoms with Crippen LogP contribution in [-0.4, -0.2) is 43.9 Å². The molecule has 2 aromatic rings. The van der Waals surface area contributed by atoms with Crippen LogP contribution in [0.5, 0.6) is 11.5 Å². The molecule has 0 aromatic heterocycles. The Kier molecular flexibility index (Phi) is 4.63. The van der Waals surface area contributed by atoms with Gasteiger partial charge >= 0.3 is 0 Å². The molecule has 3 saturated heterocycles. The third-order valence-electron chi connectivity index (χ3n) is 6.25. The molecule has 26 heavy (non-hydrogen) atoms. The van der Waals surface area contributed by atoms with E-state index in [0.717, 1.165) is 42.3 Å². The van der Waals surface area contributed by atoms with Gasteiger partial charge in [-0.2, -0.15) is 0 Å². The molecule has 1 atom stereocenters. The first-order valence-corrected chi connectivity index (χ1v) is 9.39. The number of aliphatic hydroxyl groups is 1. The van der Waals surface area contributed by atoms with Gasteiger partial charge in [0.25, 0.3) is 0 Å². The molecule has 1 N–H and O–H groups in total. The summed E-state index contributed by atoms with van der Waals surface area (Å²) in [5.74, 6) is 2.35. The lowest BCUT2D eigenvalue weighted by molar-refractivity contribution is -0.0764. The number of rotatable bonds is 5. The Hall–Kier alpha value is -2.04. The summed E-state index contributed by atoms with van der Waals surface area (Å²) in [5, 5.41) is 12.1. The van der Waals surface area contributed by atoms with Gasteiger partial charge in [0.15, 0.2) is 0 Å². The molecule has 4 heteroatoms. The second-order valence-corrected chi connectivity index (χ2v) is 7.47. The van der Waals surface area contributed by atoms with Crippen molar-refractivity contribution in [2.75, 3.05) is 33.9 Å². The Morgan fingerprint density at radius 1 is 0.846 bits per heavy atom. The van der Waals surface area contributed by atoms with E-state index in [1.54, 1.807) is 14.2 Å². The zero-order valence-corrected chi connectivity index (χ0v) is 15.5. The van der Waals surface area contributed by atoms with Crippen LogP contribution in [0.25, 0.3) is 0 Å². The predicted octanol–water partition coefficient (Wildman–Crippen LogP) is 3.28. The lowest BCUT2D eigenvalue weighted by Gasteiger charge is -2.51. The highest BCUT2D eigenvalue weighted by atomic mass is 16.5. The molecule has 3 fully saturated rings. The summed E-state index contributed by atoms with van der Waals surface area (Å²) in [6.45, 7) is 3.25. The second-order valence-electron chi connectivity index (χ2n) is 7.47. The second kappa shape index (κ2) is 6.93. The van der Waals surface area contributed by atoms with E-state index in [9.17, 15) is 5.11 Å². The van der Waals surface area contributed by atoms with Crippen molar-refractivity contribution < 1.29 is 14.6 Å². The third-order valence-corrected chi connectivity index (χ3v) is 6.25. The lowest BCUT2D eigenvalue weighted by Crippen LogP contribution is -2.55. The molecule has 3 aliphatic heterocycles. The van der Waals surface area contributed by atoms with Crippen molar-refractivity contribution in [3.63, 3.8) is 0 Å². The summed E-state index contributed by atoms with van der Waals surface area (Å²) in [4.78, 5) is 2.49. The van der Waals surface area contributed by atoms with Gasteiger partial charge in [0.2, 0.25) is 0 Å². The summed E-state index contributed by atoms with van der Waals surface area (Å²) in [7, 11) is 3.33. The van der Waals surface area contributed by atoms with Crippen LogP contribution in [0.2, 0.25) is 0 Å². The Balaban J connectivity index is 1.79. The smallest absolute Gasteiger partial charge is 0.119 e. The van der Waals surface area contributed by atoms with Crippen LogP contribution in [0.15, 0.2) is 48.5 Å². The SMILES string of the molecule is COc1ccc(C(O)(c2ccc(OC)cc2)C2CN3CCC2CC3)cc1. The summed E-state index contributed by atoms with van der Waals surface area (Å²) in [6, 6.07) is 15.7. The van der Waals surface area contributed by atoms with Crippen molar-refractivity contribution in [3.8, 4) is 11.5 Å². The van der Waals surface area contributed by atoms with Gasteiger partial charge < -0.3 is 19.5 Å². The maximum atomic E-state index is 12.1. The Morgan fingerprint density at radius 3 is 1.65 bits per heavy atom. The Morgan fingerprint density at radius 2 is 1.31 bits per heavy atom. The van der Waals surface area contributed by atoms with Gasteiger partial charge in [-0.25, -0.2) is 0 Å². The fourth-order valence-corrected chi connectivity index (χ4v) is 4.72. The fraction of sp³-hybridized carbons (Fsp3) is 0.455. The molecule has 0 spiro atoms. The zero-order valence-electron chi connectivity index (χ0n) is 15.5. The molecular weight excluding hydrogens is 326 g/mol. The third kappa shape index (κ3) is 2.87. The molecule has 0 saturated carbocycles. The zero-order chi connectivity index (χ0) is 18.1. The first-order chi connectivity index (χ1) is 12.6. The van der Waals surface area contributed by atoms with Crippen LogP contribution >= 0.6 is 0 Å². The van der Waals surface area contributed by atoms with Gasteiger partial charge in [-0.1, -0.05) is 24.3 Å². The van der Waals surface area contributed by atoms with Crippen LogP contribution in [0, 0.1) is 11.8 Å².